The Hall–Kier alpha value is -1.04. The normalized spacial score (nSPS) is 11.8. The topological polar surface area (TPSA) is 0 Å². The highest BCUT2D eigenvalue weighted by Gasteiger charge is 2.01. The van der Waals surface area contributed by atoms with Crippen molar-refractivity contribution in [3.05, 3.63) is 41.5 Å². The van der Waals surface area contributed by atoms with E-state index in [2.05, 4.69) is 51.1 Å². The first-order chi connectivity index (χ1) is 6.79. The SMILES string of the molecule is C/C=C(/C)c1ccccc1CCCC. The van der Waals surface area contributed by atoms with E-state index in [1.54, 1.807) is 0 Å². The van der Waals surface area contributed by atoms with Crippen molar-refractivity contribution in [1.82, 2.24) is 0 Å². The average molecular weight is 188 g/mol. The molecule has 0 heterocycles. The number of hydrogen-bond donors (Lipinski definition) is 0. The number of allylic oxidation sites excluding steroid dienone is 2. The summed E-state index contributed by atoms with van der Waals surface area (Å²) in [6.45, 7) is 6.53. The summed E-state index contributed by atoms with van der Waals surface area (Å²) >= 11 is 0. The summed E-state index contributed by atoms with van der Waals surface area (Å²) in [5.41, 5.74) is 4.30. The monoisotopic (exact) mass is 188 g/mol. The van der Waals surface area contributed by atoms with E-state index in [0.29, 0.717) is 0 Å². The van der Waals surface area contributed by atoms with Gasteiger partial charge in [-0.1, -0.05) is 43.7 Å². The van der Waals surface area contributed by atoms with Crippen molar-refractivity contribution in [2.24, 2.45) is 0 Å². The standard InChI is InChI=1S/C14H20/c1-4-6-9-13-10-7-8-11-14(13)12(3)5-2/h5,7-8,10-11H,4,6,9H2,1-3H3/b12-5-. The molecule has 0 nitrogen and oxygen atoms in total. The Morgan fingerprint density at radius 3 is 2.64 bits per heavy atom. The minimum atomic E-state index is 1.21. The molecule has 0 unspecified atom stereocenters. The number of rotatable bonds is 4. The van der Waals surface area contributed by atoms with Gasteiger partial charge < -0.3 is 0 Å². The quantitative estimate of drug-likeness (QED) is 0.654. The van der Waals surface area contributed by atoms with Crippen LogP contribution >= 0.6 is 0 Å². The maximum atomic E-state index is 2.25. The fourth-order valence-electron chi connectivity index (χ4n) is 1.65. The minimum Gasteiger partial charge on any atom is -0.0841 e. The van der Waals surface area contributed by atoms with Gasteiger partial charge in [0.2, 0.25) is 0 Å². The second-order valence-electron chi connectivity index (χ2n) is 3.73. The smallest absolute Gasteiger partial charge is 0.0199 e. The van der Waals surface area contributed by atoms with E-state index in [1.165, 1.54) is 36.0 Å². The van der Waals surface area contributed by atoms with Gasteiger partial charge in [-0.3, -0.25) is 0 Å². The van der Waals surface area contributed by atoms with E-state index in [-0.39, 0.29) is 0 Å². The van der Waals surface area contributed by atoms with E-state index >= 15 is 0 Å². The molecule has 0 spiro atoms. The summed E-state index contributed by atoms with van der Waals surface area (Å²) < 4.78 is 0. The van der Waals surface area contributed by atoms with Gasteiger partial charge in [-0.25, -0.2) is 0 Å². The van der Waals surface area contributed by atoms with Gasteiger partial charge in [0.15, 0.2) is 0 Å². The molecular weight excluding hydrogens is 168 g/mol. The Morgan fingerprint density at radius 1 is 1.29 bits per heavy atom. The Labute approximate surface area is 87.7 Å². The van der Waals surface area contributed by atoms with Gasteiger partial charge in [0.05, 0.1) is 0 Å². The molecule has 0 radical (unpaired) electrons. The molecule has 0 amide bonds. The van der Waals surface area contributed by atoms with Crippen LogP contribution in [-0.2, 0) is 6.42 Å². The van der Waals surface area contributed by atoms with Gasteiger partial charge in [0.25, 0.3) is 0 Å². The maximum absolute atomic E-state index is 2.25. The molecule has 0 atom stereocenters. The fraction of sp³-hybridized carbons (Fsp3) is 0.429. The van der Waals surface area contributed by atoms with Gasteiger partial charge in [0, 0.05) is 0 Å². The maximum Gasteiger partial charge on any atom is -0.0199 e. The highest BCUT2D eigenvalue weighted by atomic mass is 14.1. The summed E-state index contributed by atoms with van der Waals surface area (Å²) in [6.07, 6.45) is 5.94. The Bertz CT molecular complexity index is 308. The predicted molar refractivity (Wildman–Crippen MR) is 64.4 cm³/mol. The van der Waals surface area contributed by atoms with Gasteiger partial charge >= 0.3 is 0 Å². The highest BCUT2D eigenvalue weighted by molar-refractivity contribution is 5.66. The summed E-state index contributed by atoms with van der Waals surface area (Å²) in [5, 5.41) is 0. The zero-order valence-corrected chi connectivity index (χ0v) is 9.51. The van der Waals surface area contributed by atoms with Crippen molar-refractivity contribution in [2.75, 3.05) is 0 Å². The second-order valence-corrected chi connectivity index (χ2v) is 3.73. The van der Waals surface area contributed by atoms with Gasteiger partial charge in [-0.05, 0) is 43.4 Å². The molecule has 0 heteroatoms. The number of unbranched alkanes of at least 4 members (excludes halogenated alkanes) is 1. The first kappa shape index (κ1) is 11.0. The molecule has 0 aliphatic carbocycles. The third-order valence-electron chi connectivity index (χ3n) is 2.67. The van der Waals surface area contributed by atoms with Gasteiger partial charge in [-0.2, -0.15) is 0 Å². The van der Waals surface area contributed by atoms with Crippen LogP contribution in [0.15, 0.2) is 30.3 Å². The molecule has 0 aromatic heterocycles. The molecule has 0 fully saturated rings. The van der Waals surface area contributed by atoms with Crippen LogP contribution in [0.1, 0.15) is 44.7 Å². The molecule has 0 aliphatic rings. The zero-order valence-electron chi connectivity index (χ0n) is 9.51. The number of aryl methyl sites for hydroxylation is 1. The Morgan fingerprint density at radius 2 is 2.00 bits per heavy atom. The molecule has 0 N–H and O–H groups in total. The van der Waals surface area contributed by atoms with E-state index in [1.807, 2.05) is 0 Å². The molecular formula is C14H20. The third-order valence-corrected chi connectivity index (χ3v) is 2.67. The third kappa shape index (κ3) is 2.73. The van der Waals surface area contributed by atoms with E-state index in [4.69, 9.17) is 0 Å². The van der Waals surface area contributed by atoms with E-state index in [9.17, 15) is 0 Å². The molecule has 0 saturated carbocycles. The summed E-state index contributed by atoms with van der Waals surface area (Å²) in [4.78, 5) is 0. The van der Waals surface area contributed by atoms with Crippen LogP contribution in [0.2, 0.25) is 0 Å². The van der Waals surface area contributed by atoms with Crippen LogP contribution in [0.4, 0.5) is 0 Å². The average Bonchev–Trinajstić information content (AvgIpc) is 2.25. The second kappa shape index (κ2) is 5.64. The number of hydrogen-bond acceptors (Lipinski definition) is 0. The lowest BCUT2D eigenvalue weighted by molar-refractivity contribution is 0.793. The summed E-state index contributed by atoms with van der Waals surface area (Å²) in [7, 11) is 0. The molecule has 76 valence electrons. The molecule has 0 aliphatic heterocycles. The van der Waals surface area contributed by atoms with Crippen molar-refractivity contribution >= 4 is 5.57 Å². The molecule has 0 bridgehead atoms. The van der Waals surface area contributed by atoms with Gasteiger partial charge in [0.1, 0.15) is 0 Å². The molecule has 0 saturated heterocycles. The van der Waals surface area contributed by atoms with Crippen molar-refractivity contribution in [3.63, 3.8) is 0 Å². The van der Waals surface area contributed by atoms with Crippen molar-refractivity contribution in [2.45, 2.75) is 40.0 Å². The lowest BCUT2D eigenvalue weighted by atomic mass is 9.97. The first-order valence-electron chi connectivity index (χ1n) is 5.50. The van der Waals surface area contributed by atoms with Gasteiger partial charge in [-0.15, -0.1) is 0 Å². The molecule has 14 heavy (non-hydrogen) atoms. The van der Waals surface area contributed by atoms with Crippen molar-refractivity contribution in [1.29, 1.82) is 0 Å². The van der Waals surface area contributed by atoms with Crippen LogP contribution in [0, 0.1) is 0 Å². The largest absolute Gasteiger partial charge is 0.0841 e. The lowest BCUT2D eigenvalue weighted by Crippen LogP contribution is -1.91. The molecule has 1 aromatic carbocycles. The predicted octanol–water partition coefficient (Wildman–Crippen LogP) is 4.45. The van der Waals surface area contributed by atoms with E-state index < -0.39 is 0 Å². The van der Waals surface area contributed by atoms with Crippen LogP contribution in [-0.4, -0.2) is 0 Å². The van der Waals surface area contributed by atoms with Crippen molar-refractivity contribution < 1.29 is 0 Å². The lowest BCUT2D eigenvalue weighted by Gasteiger charge is -2.08. The molecule has 1 aromatic rings. The summed E-state index contributed by atoms with van der Waals surface area (Å²) in [6, 6.07) is 8.73. The Balaban J connectivity index is 2.91. The minimum absolute atomic E-state index is 1.21. The van der Waals surface area contributed by atoms with Crippen LogP contribution < -0.4 is 0 Å². The zero-order chi connectivity index (χ0) is 10.4. The fourth-order valence-corrected chi connectivity index (χ4v) is 1.65. The van der Waals surface area contributed by atoms with Crippen LogP contribution in [0.25, 0.3) is 5.57 Å². The van der Waals surface area contributed by atoms with Crippen molar-refractivity contribution in [3.8, 4) is 0 Å². The van der Waals surface area contributed by atoms with E-state index in [0.717, 1.165) is 0 Å². The first-order valence-corrected chi connectivity index (χ1v) is 5.50. The van der Waals surface area contributed by atoms with Crippen LogP contribution in [0.5, 0.6) is 0 Å². The number of benzene rings is 1. The Kier molecular flexibility index (Phi) is 4.45. The van der Waals surface area contributed by atoms with Crippen LogP contribution in [0.3, 0.4) is 0 Å². The summed E-state index contributed by atoms with van der Waals surface area (Å²) in [5.74, 6) is 0. The molecule has 1 rings (SSSR count). The highest BCUT2D eigenvalue weighted by Crippen LogP contribution is 2.20.